The van der Waals surface area contributed by atoms with Crippen molar-refractivity contribution in [3.8, 4) is 17.2 Å². The summed E-state index contributed by atoms with van der Waals surface area (Å²) in [5, 5.41) is 20.4. The number of piperazine rings is 1. The highest BCUT2D eigenvalue weighted by molar-refractivity contribution is 5.97. The number of hydrogen-bond donors (Lipinski definition) is 3. The number of carbonyl (C=O) groups is 1. The highest BCUT2D eigenvalue weighted by Crippen LogP contribution is 2.44. The van der Waals surface area contributed by atoms with Gasteiger partial charge in [0.1, 0.15) is 11.3 Å². The van der Waals surface area contributed by atoms with Crippen LogP contribution < -0.4 is 24.8 Å². The molecule has 12 heteroatoms. The molecule has 1 unspecified atom stereocenters. The van der Waals surface area contributed by atoms with Crippen LogP contribution in [0.2, 0.25) is 0 Å². The first-order valence-corrected chi connectivity index (χ1v) is 9.82. The van der Waals surface area contributed by atoms with Gasteiger partial charge in [-0.3, -0.25) is 0 Å². The molecule has 1 aliphatic heterocycles. The van der Waals surface area contributed by atoms with E-state index >= 15 is 0 Å². The van der Waals surface area contributed by atoms with Crippen LogP contribution in [0.5, 0.6) is 17.2 Å². The Morgan fingerprint density at radius 2 is 1.84 bits per heavy atom. The van der Waals surface area contributed by atoms with E-state index in [0.29, 0.717) is 47.2 Å². The van der Waals surface area contributed by atoms with E-state index in [1.165, 1.54) is 26.2 Å². The number of nitrogens with two attached hydrogens (primary N) is 1. The molecule has 32 heavy (non-hydrogen) atoms. The number of methoxy groups -OCH3 is 3. The number of hydrogen-bond acceptors (Lipinski definition) is 9. The van der Waals surface area contributed by atoms with E-state index in [9.17, 15) is 15.0 Å². The fourth-order valence-electron chi connectivity index (χ4n) is 3.92. The van der Waals surface area contributed by atoms with Gasteiger partial charge in [0.25, 0.3) is 0 Å². The van der Waals surface area contributed by atoms with E-state index in [0.717, 1.165) is 0 Å². The number of aromatic nitrogens is 2. The van der Waals surface area contributed by atoms with E-state index in [2.05, 4.69) is 9.97 Å². The minimum Gasteiger partial charge on any atom is -0.493 e. The predicted octanol–water partition coefficient (Wildman–Crippen LogP) is 1.99. The number of ether oxygens (including phenoxy) is 3. The van der Waals surface area contributed by atoms with Crippen LogP contribution in [0.4, 0.5) is 16.6 Å². The molecular weight excluding hydrogens is 442 g/mol. The Bertz CT molecular complexity index is 983. The van der Waals surface area contributed by atoms with Crippen molar-refractivity contribution in [3.63, 3.8) is 0 Å². The van der Waals surface area contributed by atoms with Crippen molar-refractivity contribution >= 4 is 41.2 Å². The summed E-state index contributed by atoms with van der Waals surface area (Å²) in [6, 6.07) is 1.26. The van der Waals surface area contributed by atoms with Crippen molar-refractivity contribution in [1.29, 1.82) is 0 Å². The molecular formula is C20H30ClN5O6. The standard InChI is InChI=1S/C20H29N5O6.ClH/c1-20(2,28)9-11-10-24(6-7-25(11)19(26)27)18-22-14-12(17(21)23-18)8-13(29-3)15(30-4)16(14)31-5;/h8,11,28H,6-7,9-10H2,1-5H3,(H,26,27)(H2,21,22,23);1H. The Morgan fingerprint density at radius 1 is 1.19 bits per heavy atom. The zero-order valence-electron chi connectivity index (χ0n) is 18.8. The lowest BCUT2D eigenvalue weighted by Gasteiger charge is -2.41. The normalized spacial score (nSPS) is 16.5. The molecule has 1 fully saturated rings. The lowest BCUT2D eigenvalue weighted by Crippen LogP contribution is -2.57. The lowest BCUT2D eigenvalue weighted by molar-refractivity contribution is 0.0318. The number of benzene rings is 1. The van der Waals surface area contributed by atoms with Crippen LogP contribution in [0.1, 0.15) is 20.3 Å². The van der Waals surface area contributed by atoms with Gasteiger partial charge in [0, 0.05) is 19.6 Å². The van der Waals surface area contributed by atoms with Crippen LogP contribution in [0.3, 0.4) is 0 Å². The smallest absolute Gasteiger partial charge is 0.407 e. The number of anilines is 2. The van der Waals surface area contributed by atoms with E-state index in [-0.39, 0.29) is 31.2 Å². The fraction of sp³-hybridized carbons (Fsp3) is 0.550. The highest BCUT2D eigenvalue weighted by Gasteiger charge is 2.35. The van der Waals surface area contributed by atoms with E-state index in [4.69, 9.17) is 19.9 Å². The van der Waals surface area contributed by atoms with E-state index in [1.54, 1.807) is 19.9 Å². The van der Waals surface area contributed by atoms with Gasteiger partial charge in [-0.05, 0) is 26.3 Å². The van der Waals surface area contributed by atoms with Gasteiger partial charge in [-0.25, -0.2) is 9.78 Å². The minimum absolute atomic E-state index is 0. The second-order valence-corrected chi connectivity index (χ2v) is 8.04. The molecule has 2 heterocycles. The van der Waals surface area contributed by atoms with Gasteiger partial charge >= 0.3 is 6.09 Å². The average Bonchev–Trinajstić information content (AvgIpc) is 2.70. The molecule has 1 atom stereocenters. The summed E-state index contributed by atoms with van der Waals surface area (Å²) in [6.45, 7) is 4.26. The van der Waals surface area contributed by atoms with Gasteiger partial charge in [0.15, 0.2) is 11.5 Å². The highest BCUT2D eigenvalue weighted by atomic mass is 35.5. The van der Waals surface area contributed by atoms with Crippen LogP contribution in [0.25, 0.3) is 10.9 Å². The van der Waals surface area contributed by atoms with Crippen LogP contribution in [-0.2, 0) is 0 Å². The van der Waals surface area contributed by atoms with Gasteiger partial charge in [0.05, 0.1) is 38.4 Å². The number of rotatable bonds is 6. The molecule has 178 valence electrons. The van der Waals surface area contributed by atoms with Gasteiger partial charge in [0.2, 0.25) is 11.7 Å². The van der Waals surface area contributed by atoms with Crippen molar-refractivity contribution < 1.29 is 29.2 Å². The lowest BCUT2D eigenvalue weighted by atomic mass is 9.96. The maximum absolute atomic E-state index is 11.7. The first-order valence-electron chi connectivity index (χ1n) is 9.82. The molecule has 0 spiro atoms. The number of nitrogens with zero attached hydrogens (tertiary/aromatic N) is 4. The van der Waals surface area contributed by atoms with Gasteiger partial charge in [-0.2, -0.15) is 4.98 Å². The zero-order valence-corrected chi connectivity index (χ0v) is 19.6. The number of halogens is 1. The van der Waals surface area contributed by atoms with Crippen molar-refractivity contribution in [2.45, 2.75) is 31.9 Å². The van der Waals surface area contributed by atoms with Crippen LogP contribution in [0.15, 0.2) is 6.07 Å². The van der Waals surface area contributed by atoms with Crippen molar-refractivity contribution in [2.24, 2.45) is 0 Å². The molecule has 0 aliphatic carbocycles. The molecule has 1 aromatic heterocycles. The summed E-state index contributed by atoms with van der Waals surface area (Å²) in [5.74, 6) is 1.78. The number of carboxylic acid groups (broad SMARTS) is 1. The molecule has 0 radical (unpaired) electrons. The van der Waals surface area contributed by atoms with Crippen molar-refractivity contribution in [3.05, 3.63) is 6.07 Å². The zero-order chi connectivity index (χ0) is 22.9. The van der Waals surface area contributed by atoms with Crippen LogP contribution in [0, 0.1) is 0 Å². The van der Waals surface area contributed by atoms with Gasteiger partial charge in [-0.1, -0.05) is 0 Å². The number of aliphatic hydroxyl groups is 1. The first-order chi connectivity index (χ1) is 14.6. The summed E-state index contributed by atoms with van der Waals surface area (Å²) in [6.07, 6.45) is -0.751. The number of fused-ring (bicyclic) bond motifs is 1. The third-order valence-corrected chi connectivity index (χ3v) is 5.26. The Balaban J connectivity index is 0.00000363. The molecule has 0 bridgehead atoms. The van der Waals surface area contributed by atoms with E-state index < -0.39 is 17.7 Å². The Labute approximate surface area is 192 Å². The molecule has 4 N–H and O–H groups in total. The molecule has 3 rings (SSSR count). The third-order valence-electron chi connectivity index (χ3n) is 5.26. The Morgan fingerprint density at radius 3 is 2.38 bits per heavy atom. The van der Waals surface area contributed by atoms with Crippen LogP contribution in [-0.4, -0.2) is 83.8 Å². The molecule has 11 nitrogen and oxygen atoms in total. The van der Waals surface area contributed by atoms with Gasteiger partial charge in [-0.15, -0.1) is 12.4 Å². The second kappa shape index (κ2) is 9.70. The predicted molar refractivity (Wildman–Crippen MR) is 123 cm³/mol. The monoisotopic (exact) mass is 471 g/mol. The topological polar surface area (TPSA) is 144 Å². The van der Waals surface area contributed by atoms with Crippen molar-refractivity contribution in [1.82, 2.24) is 14.9 Å². The fourth-order valence-corrected chi connectivity index (χ4v) is 3.92. The van der Waals surface area contributed by atoms with Gasteiger partial charge < -0.3 is 40.0 Å². The maximum atomic E-state index is 11.7. The summed E-state index contributed by atoms with van der Waals surface area (Å²) < 4.78 is 16.3. The first kappa shape index (κ1) is 25.3. The third kappa shape index (κ3) is 4.94. The maximum Gasteiger partial charge on any atom is 0.407 e. The number of nitrogen functional groups attached to an aromatic ring is 1. The molecule has 1 aliphatic rings. The minimum atomic E-state index is -1.03. The summed E-state index contributed by atoms with van der Waals surface area (Å²) in [7, 11) is 4.52. The SMILES string of the molecule is COc1cc2c(N)nc(N3CCN(C(=O)O)C(CC(C)(C)O)C3)nc2c(OC)c1OC.Cl. The average molecular weight is 472 g/mol. The number of amides is 1. The van der Waals surface area contributed by atoms with E-state index in [1.807, 2.05) is 4.90 Å². The Kier molecular flexibility index (Phi) is 7.68. The summed E-state index contributed by atoms with van der Waals surface area (Å²) in [5.41, 5.74) is 5.67. The summed E-state index contributed by atoms with van der Waals surface area (Å²) >= 11 is 0. The molecule has 2 aromatic rings. The molecule has 1 amide bonds. The quantitative estimate of drug-likeness (QED) is 0.572. The Hall–Kier alpha value is -2.92. The largest absolute Gasteiger partial charge is 0.493 e. The summed E-state index contributed by atoms with van der Waals surface area (Å²) in [4.78, 5) is 24.0. The molecule has 1 saturated heterocycles. The molecule has 1 aromatic carbocycles. The van der Waals surface area contributed by atoms with Crippen LogP contribution >= 0.6 is 12.4 Å². The molecule has 0 saturated carbocycles. The second-order valence-electron chi connectivity index (χ2n) is 8.04. The van der Waals surface area contributed by atoms with Crippen molar-refractivity contribution in [2.75, 3.05) is 51.6 Å².